The number of aryl methyl sites for hydroxylation is 2. The quantitative estimate of drug-likeness (QED) is 0.716. The molecule has 2 unspecified atom stereocenters. The maximum atomic E-state index is 13.5. The Kier molecular flexibility index (Phi) is 5.15. The van der Waals surface area contributed by atoms with E-state index in [2.05, 4.69) is 17.1 Å². The number of nitrogens with zero attached hydrogens (tertiary/aromatic N) is 3. The van der Waals surface area contributed by atoms with Crippen molar-refractivity contribution in [3.63, 3.8) is 0 Å². The third-order valence-corrected chi connectivity index (χ3v) is 6.91. The molecule has 3 aromatic rings. The Balaban J connectivity index is 1.65. The maximum Gasteiger partial charge on any atom is 0.261 e. The summed E-state index contributed by atoms with van der Waals surface area (Å²) in [6.45, 7) is 2.00. The first-order chi connectivity index (χ1) is 14.6. The van der Waals surface area contributed by atoms with Crippen LogP contribution in [0.3, 0.4) is 0 Å². The van der Waals surface area contributed by atoms with Crippen molar-refractivity contribution in [1.82, 2.24) is 14.5 Å². The van der Waals surface area contributed by atoms with Crippen LogP contribution < -0.4 is 5.56 Å². The second-order valence-corrected chi connectivity index (χ2v) is 8.96. The van der Waals surface area contributed by atoms with Gasteiger partial charge in [-0.1, -0.05) is 18.9 Å². The van der Waals surface area contributed by atoms with Gasteiger partial charge in [0.05, 0.1) is 29.4 Å². The molecule has 0 bridgehead atoms. The Morgan fingerprint density at radius 2 is 1.87 bits per heavy atom. The number of fused-ring (bicyclic) bond motifs is 3. The van der Waals surface area contributed by atoms with E-state index in [9.17, 15) is 9.90 Å². The Morgan fingerprint density at radius 3 is 2.63 bits per heavy atom. The fourth-order valence-electron chi connectivity index (χ4n) is 5.27. The van der Waals surface area contributed by atoms with E-state index in [0.717, 1.165) is 62.6 Å². The van der Waals surface area contributed by atoms with E-state index in [4.69, 9.17) is 4.98 Å². The molecule has 0 aliphatic heterocycles. The van der Waals surface area contributed by atoms with Gasteiger partial charge in [0.15, 0.2) is 0 Å². The standard InChI is InChI=1S/C25H29N3O2/c1-16-10-11-17(14-26-16)12-18-13-21-24(20-7-3-2-6-19(18)20)27-15-28(25(21)30)22-8-4-5-9-23(22)29/h10-11,13-15,22-23,29H,2-9,12H2,1H3. The number of rotatable bonds is 3. The molecule has 2 aromatic heterocycles. The zero-order chi connectivity index (χ0) is 20.7. The van der Waals surface area contributed by atoms with Gasteiger partial charge in [-0.2, -0.15) is 0 Å². The molecule has 0 saturated heterocycles. The van der Waals surface area contributed by atoms with Crippen molar-refractivity contribution in [1.29, 1.82) is 0 Å². The van der Waals surface area contributed by atoms with E-state index >= 15 is 0 Å². The van der Waals surface area contributed by atoms with Gasteiger partial charge in [-0.15, -0.1) is 0 Å². The second-order valence-electron chi connectivity index (χ2n) is 8.96. The molecule has 156 valence electrons. The molecule has 2 heterocycles. The molecule has 1 aromatic carbocycles. The van der Waals surface area contributed by atoms with Crippen LogP contribution in [0.4, 0.5) is 0 Å². The van der Waals surface area contributed by atoms with Gasteiger partial charge in [-0.3, -0.25) is 14.3 Å². The molecule has 1 saturated carbocycles. The molecule has 2 aliphatic rings. The summed E-state index contributed by atoms with van der Waals surface area (Å²) in [5.41, 5.74) is 6.88. The van der Waals surface area contributed by atoms with Gasteiger partial charge in [0.1, 0.15) is 0 Å². The van der Waals surface area contributed by atoms with Crippen molar-refractivity contribution >= 4 is 10.9 Å². The van der Waals surface area contributed by atoms with Crippen LogP contribution in [0.15, 0.2) is 35.5 Å². The molecule has 2 atom stereocenters. The predicted octanol–water partition coefficient (Wildman–Crippen LogP) is 4.05. The normalized spacial score (nSPS) is 21.5. The minimum atomic E-state index is -0.466. The summed E-state index contributed by atoms with van der Waals surface area (Å²) in [5, 5.41) is 11.2. The summed E-state index contributed by atoms with van der Waals surface area (Å²) >= 11 is 0. The van der Waals surface area contributed by atoms with Gasteiger partial charge in [0, 0.05) is 11.9 Å². The number of aliphatic hydroxyl groups excluding tert-OH is 1. The third kappa shape index (κ3) is 3.45. The second kappa shape index (κ2) is 7.95. The van der Waals surface area contributed by atoms with E-state index in [0.29, 0.717) is 5.39 Å². The highest BCUT2D eigenvalue weighted by atomic mass is 16.3. The highest BCUT2D eigenvalue weighted by molar-refractivity contribution is 5.83. The largest absolute Gasteiger partial charge is 0.391 e. The lowest BCUT2D eigenvalue weighted by Gasteiger charge is -2.29. The Labute approximate surface area is 176 Å². The molecule has 0 amide bonds. The molecule has 1 fully saturated rings. The van der Waals surface area contributed by atoms with Crippen molar-refractivity contribution in [3.8, 4) is 0 Å². The number of hydrogen-bond acceptors (Lipinski definition) is 4. The topological polar surface area (TPSA) is 68.0 Å². The minimum absolute atomic E-state index is 0.0115. The first kappa shape index (κ1) is 19.4. The molecule has 5 rings (SSSR count). The van der Waals surface area contributed by atoms with Crippen LogP contribution in [-0.2, 0) is 19.3 Å². The summed E-state index contributed by atoms with van der Waals surface area (Å²) in [6, 6.07) is 6.08. The van der Waals surface area contributed by atoms with E-state index in [1.807, 2.05) is 19.2 Å². The molecule has 1 N–H and O–H groups in total. The highest BCUT2D eigenvalue weighted by Crippen LogP contribution is 2.32. The molecule has 5 nitrogen and oxygen atoms in total. The molecular weight excluding hydrogens is 374 g/mol. The van der Waals surface area contributed by atoms with Crippen LogP contribution in [0.2, 0.25) is 0 Å². The van der Waals surface area contributed by atoms with Crippen molar-refractivity contribution in [3.05, 3.63) is 69.0 Å². The van der Waals surface area contributed by atoms with Gasteiger partial charge in [-0.05, 0) is 86.3 Å². The van der Waals surface area contributed by atoms with Gasteiger partial charge in [0.25, 0.3) is 5.56 Å². The minimum Gasteiger partial charge on any atom is -0.391 e. The monoisotopic (exact) mass is 403 g/mol. The summed E-state index contributed by atoms with van der Waals surface area (Å²) in [5.74, 6) is 0. The number of benzene rings is 1. The van der Waals surface area contributed by atoms with Crippen LogP contribution >= 0.6 is 0 Å². The summed E-state index contributed by atoms with van der Waals surface area (Å²) in [4.78, 5) is 22.7. The van der Waals surface area contributed by atoms with Crippen LogP contribution in [-0.4, -0.2) is 25.7 Å². The lowest BCUT2D eigenvalue weighted by molar-refractivity contribution is 0.0735. The first-order valence-electron chi connectivity index (χ1n) is 11.3. The highest BCUT2D eigenvalue weighted by Gasteiger charge is 2.27. The van der Waals surface area contributed by atoms with Gasteiger partial charge < -0.3 is 5.11 Å². The Morgan fingerprint density at radius 1 is 1.07 bits per heavy atom. The zero-order valence-corrected chi connectivity index (χ0v) is 17.6. The van der Waals surface area contributed by atoms with Gasteiger partial charge in [0.2, 0.25) is 0 Å². The van der Waals surface area contributed by atoms with Crippen LogP contribution in [0.1, 0.15) is 72.5 Å². The number of aliphatic hydroxyl groups is 1. The number of pyridine rings is 1. The lowest BCUT2D eigenvalue weighted by Crippen LogP contribution is -2.35. The van der Waals surface area contributed by atoms with E-state index < -0.39 is 6.10 Å². The molecule has 5 heteroatoms. The Hall–Kier alpha value is -2.53. The summed E-state index contributed by atoms with van der Waals surface area (Å²) in [6.07, 6.45) is 12.0. The van der Waals surface area contributed by atoms with Crippen LogP contribution in [0.5, 0.6) is 0 Å². The lowest BCUT2D eigenvalue weighted by atomic mass is 9.84. The Bertz CT molecular complexity index is 1130. The van der Waals surface area contributed by atoms with Crippen LogP contribution in [0, 0.1) is 6.92 Å². The van der Waals surface area contributed by atoms with Crippen molar-refractivity contribution < 1.29 is 5.11 Å². The smallest absolute Gasteiger partial charge is 0.261 e. The third-order valence-electron chi connectivity index (χ3n) is 6.91. The molecular formula is C25H29N3O2. The maximum absolute atomic E-state index is 13.5. The molecule has 30 heavy (non-hydrogen) atoms. The average Bonchev–Trinajstić information content (AvgIpc) is 2.77. The number of aromatic nitrogens is 3. The van der Waals surface area contributed by atoms with E-state index in [1.54, 1.807) is 10.9 Å². The van der Waals surface area contributed by atoms with Crippen molar-refractivity contribution in [2.24, 2.45) is 0 Å². The fourth-order valence-corrected chi connectivity index (χ4v) is 5.27. The average molecular weight is 404 g/mol. The van der Waals surface area contributed by atoms with Gasteiger partial charge >= 0.3 is 0 Å². The molecule has 0 radical (unpaired) electrons. The number of hydrogen-bond donors (Lipinski definition) is 1. The van der Waals surface area contributed by atoms with E-state index in [-0.39, 0.29) is 11.6 Å². The van der Waals surface area contributed by atoms with E-state index in [1.165, 1.54) is 28.7 Å². The summed E-state index contributed by atoms with van der Waals surface area (Å²) in [7, 11) is 0. The molecule has 2 aliphatic carbocycles. The SMILES string of the molecule is Cc1ccc(Cc2cc3c(=O)n(C4CCCCC4O)cnc3c3c2CCCC3)cn1. The van der Waals surface area contributed by atoms with Crippen LogP contribution in [0.25, 0.3) is 10.9 Å². The summed E-state index contributed by atoms with van der Waals surface area (Å²) < 4.78 is 1.69. The predicted molar refractivity (Wildman–Crippen MR) is 118 cm³/mol. The fraction of sp³-hybridized carbons (Fsp3) is 0.480. The van der Waals surface area contributed by atoms with Gasteiger partial charge in [-0.25, -0.2) is 4.98 Å². The molecule has 0 spiro atoms. The first-order valence-corrected chi connectivity index (χ1v) is 11.3. The van der Waals surface area contributed by atoms with Crippen molar-refractivity contribution in [2.45, 2.75) is 76.9 Å². The van der Waals surface area contributed by atoms with Crippen molar-refractivity contribution in [2.75, 3.05) is 0 Å². The zero-order valence-electron chi connectivity index (χ0n) is 17.6.